The highest BCUT2D eigenvalue weighted by atomic mass is 16.5. The molecule has 0 bridgehead atoms. The van der Waals surface area contributed by atoms with Crippen LogP contribution < -0.4 is 15.4 Å². The number of nitrogens with one attached hydrogen (secondary N) is 2. The van der Waals surface area contributed by atoms with Crippen LogP contribution in [-0.4, -0.2) is 43.6 Å². The second-order valence-electron chi connectivity index (χ2n) is 9.52. The molecule has 5 heteroatoms. The average Bonchev–Trinajstić information content (AvgIpc) is 2.94. The minimum absolute atomic E-state index is 0.0136. The third kappa shape index (κ3) is 7.19. The van der Waals surface area contributed by atoms with Crippen LogP contribution in [0.5, 0.6) is 5.75 Å². The molecule has 4 rings (SSSR count). The van der Waals surface area contributed by atoms with Crippen molar-refractivity contribution in [3.05, 3.63) is 102 Å². The number of hydrogen-bond donors (Lipinski definition) is 2. The lowest BCUT2D eigenvalue weighted by molar-refractivity contribution is 0.0951. The molecule has 0 aliphatic carbocycles. The summed E-state index contributed by atoms with van der Waals surface area (Å²) < 4.78 is 5.57. The van der Waals surface area contributed by atoms with E-state index < -0.39 is 0 Å². The lowest BCUT2D eigenvalue weighted by atomic mass is 9.89. The Bertz CT molecular complexity index is 1060. The van der Waals surface area contributed by atoms with E-state index in [2.05, 4.69) is 58.0 Å². The molecule has 190 valence electrons. The van der Waals surface area contributed by atoms with Crippen molar-refractivity contribution in [1.82, 2.24) is 15.5 Å². The van der Waals surface area contributed by atoms with Crippen LogP contribution in [0.4, 0.5) is 0 Å². The molecular weight excluding hydrogens is 446 g/mol. The predicted molar refractivity (Wildman–Crippen MR) is 146 cm³/mol. The Hall–Kier alpha value is -3.15. The molecule has 1 aliphatic heterocycles. The van der Waals surface area contributed by atoms with Gasteiger partial charge in [0.1, 0.15) is 5.75 Å². The van der Waals surface area contributed by atoms with Gasteiger partial charge in [0, 0.05) is 30.3 Å². The fourth-order valence-corrected chi connectivity index (χ4v) is 5.22. The zero-order valence-electron chi connectivity index (χ0n) is 21.4. The van der Waals surface area contributed by atoms with E-state index in [4.69, 9.17) is 4.74 Å². The molecule has 0 aromatic heterocycles. The molecule has 2 unspecified atom stereocenters. The maximum atomic E-state index is 12.2. The summed E-state index contributed by atoms with van der Waals surface area (Å²) in [6, 6.07) is 29.4. The van der Waals surface area contributed by atoms with Crippen molar-refractivity contribution in [3.8, 4) is 5.75 Å². The number of carbonyl (C=O) groups is 1. The van der Waals surface area contributed by atoms with Gasteiger partial charge in [0.05, 0.1) is 13.2 Å². The number of nitrogens with zero attached hydrogens (tertiary/aromatic N) is 1. The highest BCUT2D eigenvalue weighted by Crippen LogP contribution is 2.32. The molecule has 1 saturated heterocycles. The Kier molecular flexibility index (Phi) is 9.95. The van der Waals surface area contributed by atoms with Gasteiger partial charge in [-0.1, -0.05) is 73.2 Å². The van der Waals surface area contributed by atoms with Crippen LogP contribution in [0.25, 0.3) is 0 Å². The lowest BCUT2D eigenvalue weighted by Crippen LogP contribution is -2.48. The van der Waals surface area contributed by atoms with E-state index in [0.717, 1.165) is 63.2 Å². The zero-order valence-corrected chi connectivity index (χ0v) is 21.4. The molecule has 5 nitrogen and oxygen atoms in total. The number of benzene rings is 3. The molecule has 2 atom stereocenters. The summed E-state index contributed by atoms with van der Waals surface area (Å²) in [4.78, 5) is 14.9. The number of methoxy groups -OCH3 is 1. The van der Waals surface area contributed by atoms with E-state index in [9.17, 15) is 4.79 Å². The number of para-hydroxylation sites is 1. The summed E-state index contributed by atoms with van der Waals surface area (Å²) in [5.74, 6) is 0.952. The topological polar surface area (TPSA) is 53.6 Å². The highest BCUT2D eigenvalue weighted by Gasteiger charge is 2.32. The maximum absolute atomic E-state index is 12.2. The number of unbranched alkanes of at least 4 members (excludes halogenated alkanes) is 2. The summed E-state index contributed by atoms with van der Waals surface area (Å²) >= 11 is 0. The first-order chi connectivity index (χ1) is 17.8. The third-order valence-corrected chi connectivity index (χ3v) is 7.07. The van der Waals surface area contributed by atoms with Crippen LogP contribution in [0.1, 0.15) is 59.6 Å². The van der Waals surface area contributed by atoms with Gasteiger partial charge in [0.25, 0.3) is 5.91 Å². The summed E-state index contributed by atoms with van der Waals surface area (Å²) in [5, 5.41) is 6.91. The average molecular weight is 486 g/mol. The van der Waals surface area contributed by atoms with E-state index in [1.807, 2.05) is 42.5 Å². The molecule has 36 heavy (non-hydrogen) atoms. The molecule has 0 saturated carbocycles. The molecule has 3 aromatic carbocycles. The number of amides is 1. The monoisotopic (exact) mass is 485 g/mol. The van der Waals surface area contributed by atoms with Crippen LogP contribution in [0, 0.1) is 0 Å². The second-order valence-corrected chi connectivity index (χ2v) is 9.52. The molecule has 1 aliphatic rings. The van der Waals surface area contributed by atoms with Gasteiger partial charge in [-0.05, 0) is 62.5 Å². The fourth-order valence-electron chi connectivity index (χ4n) is 5.22. The quantitative estimate of drug-likeness (QED) is 0.328. The number of likely N-dealkylation sites (tertiary alicyclic amines) is 1. The highest BCUT2D eigenvalue weighted by molar-refractivity contribution is 5.94. The van der Waals surface area contributed by atoms with E-state index in [0.29, 0.717) is 12.1 Å². The summed E-state index contributed by atoms with van der Waals surface area (Å²) in [7, 11) is 1.74. The van der Waals surface area contributed by atoms with Crippen molar-refractivity contribution in [1.29, 1.82) is 0 Å². The first-order valence-electron chi connectivity index (χ1n) is 13.2. The van der Waals surface area contributed by atoms with Gasteiger partial charge in [-0.15, -0.1) is 0 Å². The SMILES string of the molecule is COc1ccccc1CNC1CCCN(CCCCCNC(=O)c2ccccc2)C1c1ccccc1. The van der Waals surface area contributed by atoms with E-state index in [1.165, 1.54) is 17.5 Å². The Labute approximate surface area is 215 Å². The van der Waals surface area contributed by atoms with Crippen LogP contribution in [0.15, 0.2) is 84.9 Å². The lowest BCUT2D eigenvalue weighted by Gasteiger charge is -2.42. The van der Waals surface area contributed by atoms with Crippen LogP contribution in [0.2, 0.25) is 0 Å². The van der Waals surface area contributed by atoms with Gasteiger partial charge in [-0.3, -0.25) is 9.69 Å². The molecule has 0 spiro atoms. The van der Waals surface area contributed by atoms with E-state index in [-0.39, 0.29) is 5.91 Å². The van der Waals surface area contributed by atoms with Crippen molar-refractivity contribution >= 4 is 5.91 Å². The second kappa shape index (κ2) is 13.8. The largest absolute Gasteiger partial charge is 0.496 e. The summed E-state index contributed by atoms with van der Waals surface area (Å²) in [5.41, 5.74) is 3.30. The molecule has 2 N–H and O–H groups in total. The standard InChI is InChI=1S/C31H39N3O2/c1-36-29-20-10-9-18-27(29)24-33-28-19-13-23-34(30(28)25-14-5-2-6-15-25)22-12-4-11-21-32-31(35)26-16-7-3-8-17-26/h2-3,5-10,14-18,20,28,30,33H,4,11-13,19,21-24H2,1H3,(H,32,35). The van der Waals surface area contributed by atoms with Gasteiger partial charge in [-0.2, -0.15) is 0 Å². The Morgan fingerprint density at radius 2 is 1.64 bits per heavy atom. The van der Waals surface area contributed by atoms with Crippen molar-refractivity contribution in [3.63, 3.8) is 0 Å². The first-order valence-corrected chi connectivity index (χ1v) is 13.2. The number of hydrogen-bond acceptors (Lipinski definition) is 4. The molecule has 1 heterocycles. The zero-order chi connectivity index (χ0) is 25.0. The van der Waals surface area contributed by atoms with Crippen LogP contribution in [-0.2, 0) is 6.54 Å². The van der Waals surface area contributed by atoms with Crippen molar-refractivity contribution in [2.24, 2.45) is 0 Å². The summed E-state index contributed by atoms with van der Waals surface area (Å²) in [6.07, 6.45) is 5.59. The number of rotatable bonds is 12. The third-order valence-electron chi connectivity index (χ3n) is 7.07. The Morgan fingerprint density at radius 1 is 0.917 bits per heavy atom. The van der Waals surface area contributed by atoms with Gasteiger partial charge >= 0.3 is 0 Å². The molecule has 3 aromatic rings. The smallest absolute Gasteiger partial charge is 0.251 e. The van der Waals surface area contributed by atoms with Gasteiger partial charge in [-0.25, -0.2) is 0 Å². The maximum Gasteiger partial charge on any atom is 0.251 e. The molecule has 1 amide bonds. The molecule has 0 radical (unpaired) electrons. The van der Waals surface area contributed by atoms with Crippen LogP contribution >= 0.6 is 0 Å². The summed E-state index contributed by atoms with van der Waals surface area (Å²) in [6.45, 7) is 3.71. The minimum atomic E-state index is 0.0136. The number of ether oxygens (including phenoxy) is 1. The van der Waals surface area contributed by atoms with Crippen molar-refractivity contribution in [2.75, 3.05) is 26.7 Å². The van der Waals surface area contributed by atoms with Gasteiger partial charge in [0.2, 0.25) is 0 Å². The minimum Gasteiger partial charge on any atom is -0.496 e. The number of carbonyl (C=O) groups excluding carboxylic acids is 1. The van der Waals surface area contributed by atoms with E-state index >= 15 is 0 Å². The first kappa shape index (κ1) is 25.9. The van der Waals surface area contributed by atoms with Gasteiger partial charge < -0.3 is 15.4 Å². The van der Waals surface area contributed by atoms with E-state index in [1.54, 1.807) is 7.11 Å². The normalized spacial score (nSPS) is 18.0. The van der Waals surface area contributed by atoms with Gasteiger partial charge in [0.15, 0.2) is 0 Å². The number of piperidine rings is 1. The Balaban J connectivity index is 1.30. The van der Waals surface area contributed by atoms with Crippen molar-refractivity contribution in [2.45, 2.75) is 50.7 Å². The molecular formula is C31H39N3O2. The molecule has 1 fully saturated rings. The Morgan fingerprint density at radius 3 is 2.42 bits per heavy atom. The fraction of sp³-hybridized carbons (Fsp3) is 0.387. The van der Waals surface area contributed by atoms with Crippen LogP contribution in [0.3, 0.4) is 0 Å². The van der Waals surface area contributed by atoms with Crippen molar-refractivity contribution < 1.29 is 9.53 Å². The predicted octanol–water partition coefficient (Wildman–Crippen LogP) is 5.59.